The number of aryl methyl sites for hydroxylation is 1. The number of carbonyl (C=O) groups is 1. The first kappa shape index (κ1) is 25.7. The Labute approximate surface area is 231 Å². The number of benzene rings is 3. The van der Waals surface area contributed by atoms with E-state index in [1.54, 1.807) is 49.2 Å². The molecule has 0 saturated heterocycles. The van der Waals surface area contributed by atoms with Crippen molar-refractivity contribution < 1.29 is 23.0 Å². The fourth-order valence-corrected chi connectivity index (χ4v) is 4.52. The lowest BCUT2D eigenvalue weighted by Crippen LogP contribution is -2.29. The zero-order valence-corrected chi connectivity index (χ0v) is 21.8. The van der Waals surface area contributed by atoms with E-state index in [4.69, 9.17) is 9.47 Å². The topological polar surface area (TPSA) is 100 Å². The van der Waals surface area contributed by atoms with Crippen LogP contribution in [0.15, 0.2) is 90.1 Å². The van der Waals surface area contributed by atoms with E-state index in [1.165, 1.54) is 53.4 Å². The highest BCUT2D eigenvalue weighted by atomic mass is 19.1. The minimum Gasteiger partial charge on any atom is -0.497 e. The van der Waals surface area contributed by atoms with Crippen molar-refractivity contribution >= 4 is 33.7 Å². The fourth-order valence-electron chi connectivity index (χ4n) is 4.52. The van der Waals surface area contributed by atoms with Crippen LogP contribution in [0.1, 0.15) is 10.4 Å². The number of anilines is 1. The molecule has 9 nitrogen and oxygen atoms in total. The van der Waals surface area contributed by atoms with Gasteiger partial charge in [-0.05, 0) is 60.7 Å². The van der Waals surface area contributed by atoms with E-state index in [0.29, 0.717) is 39.3 Å². The molecule has 0 unspecified atom stereocenters. The van der Waals surface area contributed by atoms with Gasteiger partial charge in [0.25, 0.3) is 11.5 Å². The first-order chi connectivity index (χ1) is 19.8. The molecule has 3 aromatic carbocycles. The molecule has 204 valence electrons. The minimum atomic E-state index is -0.763. The fraction of sp³-hybridized carbons (Fsp3) is 0.0667. The van der Waals surface area contributed by atoms with Gasteiger partial charge in [0.1, 0.15) is 34.0 Å². The number of nitrogens with one attached hydrogen (secondary N) is 1. The molecule has 41 heavy (non-hydrogen) atoms. The van der Waals surface area contributed by atoms with Crippen molar-refractivity contribution in [1.29, 1.82) is 0 Å². The number of halogens is 2. The summed E-state index contributed by atoms with van der Waals surface area (Å²) in [6.07, 6.45) is 3.04. The summed E-state index contributed by atoms with van der Waals surface area (Å²) in [5.74, 6) is -1.02. The zero-order valence-electron chi connectivity index (χ0n) is 21.8. The minimum absolute atomic E-state index is 0.0695. The van der Waals surface area contributed by atoms with Gasteiger partial charge in [-0.3, -0.25) is 19.1 Å². The maximum absolute atomic E-state index is 15.1. The molecule has 0 bridgehead atoms. The van der Waals surface area contributed by atoms with Gasteiger partial charge in [0.15, 0.2) is 11.6 Å². The Morgan fingerprint density at radius 3 is 2.46 bits per heavy atom. The largest absolute Gasteiger partial charge is 0.497 e. The Morgan fingerprint density at radius 2 is 1.71 bits per heavy atom. The average molecular weight is 554 g/mol. The van der Waals surface area contributed by atoms with E-state index in [9.17, 15) is 14.0 Å². The van der Waals surface area contributed by atoms with Crippen LogP contribution in [0.2, 0.25) is 0 Å². The summed E-state index contributed by atoms with van der Waals surface area (Å²) in [7, 11) is 3.25. The van der Waals surface area contributed by atoms with E-state index in [2.05, 4.69) is 15.3 Å². The Kier molecular flexibility index (Phi) is 6.38. The number of imidazole rings is 1. The molecule has 0 radical (unpaired) electrons. The summed E-state index contributed by atoms with van der Waals surface area (Å²) in [4.78, 5) is 35.3. The Bertz CT molecular complexity index is 2020. The number of hydrogen-bond donors (Lipinski definition) is 1. The summed E-state index contributed by atoms with van der Waals surface area (Å²) in [6.45, 7) is 0. The first-order valence-corrected chi connectivity index (χ1v) is 12.4. The van der Waals surface area contributed by atoms with Crippen molar-refractivity contribution in [3.05, 3.63) is 113 Å². The van der Waals surface area contributed by atoms with Crippen LogP contribution in [0, 0.1) is 11.6 Å². The normalized spacial score (nSPS) is 11.1. The second kappa shape index (κ2) is 10.2. The lowest BCUT2D eigenvalue weighted by molar-refractivity contribution is 0.102. The molecule has 1 amide bonds. The molecule has 0 aliphatic heterocycles. The quantitative estimate of drug-likeness (QED) is 0.288. The Hall–Kier alpha value is -5.58. The summed E-state index contributed by atoms with van der Waals surface area (Å²) >= 11 is 0. The molecule has 6 rings (SSSR count). The number of amides is 1. The van der Waals surface area contributed by atoms with E-state index in [-0.39, 0.29) is 17.0 Å². The van der Waals surface area contributed by atoms with E-state index in [0.717, 1.165) is 6.07 Å². The van der Waals surface area contributed by atoms with Crippen LogP contribution >= 0.6 is 0 Å². The number of pyridine rings is 2. The molecule has 0 saturated carbocycles. The van der Waals surface area contributed by atoms with Gasteiger partial charge in [0.05, 0.1) is 24.6 Å². The summed E-state index contributed by atoms with van der Waals surface area (Å²) in [5, 5.41) is 3.23. The van der Waals surface area contributed by atoms with E-state index < -0.39 is 23.1 Å². The Morgan fingerprint density at radius 1 is 0.902 bits per heavy atom. The van der Waals surface area contributed by atoms with Crippen molar-refractivity contribution in [3.63, 3.8) is 0 Å². The van der Waals surface area contributed by atoms with Crippen LogP contribution in [-0.2, 0) is 7.05 Å². The third kappa shape index (κ3) is 4.73. The van der Waals surface area contributed by atoms with Crippen LogP contribution in [0.3, 0.4) is 0 Å². The number of nitrogens with zero attached hydrogens (tertiary/aromatic N) is 4. The number of rotatable bonds is 6. The van der Waals surface area contributed by atoms with Crippen molar-refractivity contribution in [2.75, 3.05) is 12.4 Å². The number of carbonyl (C=O) groups excluding carboxylic acids is 1. The standard InChI is InChI=1S/C30H21F2N5O4/c1-36-16-34-25-15-22(30(39)37(29(25)36)19-6-3-17(31)4-7-19)28(38)35-18-5-10-27(23(32)13-18)41-26-11-12-33-24-14-20(40-2)8-9-21(24)26/h3-16H,1-2H3,(H,35,38). The van der Waals surface area contributed by atoms with Gasteiger partial charge in [-0.1, -0.05) is 0 Å². The molecule has 11 heteroatoms. The first-order valence-electron chi connectivity index (χ1n) is 12.4. The molecular weight excluding hydrogens is 532 g/mol. The van der Waals surface area contributed by atoms with Gasteiger partial charge >= 0.3 is 0 Å². The predicted molar refractivity (Wildman–Crippen MR) is 149 cm³/mol. The number of aromatic nitrogens is 4. The lowest BCUT2D eigenvalue weighted by atomic mass is 10.2. The summed E-state index contributed by atoms with van der Waals surface area (Å²) < 4.78 is 42.6. The average Bonchev–Trinajstić information content (AvgIpc) is 3.34. The van der Waals surface area contributed by atoms with Gasteiger partial charge in [0.2, 0.25) is 0 Å². The maximum Gasteiger partial charge on any atom is 0.269 e. The number of fused-ring (bicyclic) bond motifs is 2. The van der Waals surface area contributed by atoms with Crippen LogP contribution in [0.25, 0.3) is 27.8 Å². The molecule has 0 aliphatic carbocycles. The molecule has 0 fully saturated rings. The van der Waals surface area contributed by atoms with Crippen LogP contribution in [0.4, 0.5) is 14.5 Å². The molecule has 0 aliphatic rings. The molecule has 3 heterocycles. The second-order valence-corrected chi connectivity index (χ2v) is 9.13. The monoisotopic (exact) mass is 553 g/mol. The molecular formula is C30H21F2N5O4. The highest BCUT2D eigenvalue weighted by Crippen LogP contribution is 2.33. The SMILES string of the molecule is COc1ccc2c(Oc3ccc(NC(=O)c4cc5ncn(C)c5n(-c5ccc(F)cc5)c4=O)cc3F)ccnc2c1. The maximum atomic E-state index is 15.1. The van der Waals surface area contributed by atoms with Gasteiger partial charge in [-0.15, -0.1) is 0 Å². The molecule has 3 aromatic heterocycles. The molecule has 0 spiro atoms. The molecule has 1 N–H and O–H groups in total. The summed E-state index contributed by atoms with van der Waals surface area (Å²) in [6, 6.07) is 17.5. The number of ether oxygens (including phenoxy) is 2. The van der Waals surface area contributed by atoms with Crippen molar-refractivity contribution in [2.45, 2.75) is 0 Å². The van der Waals surface area contributed by atoms with Crippen LogP contribution in [-0.4, -0.2) is 32.1 Å². The van der Waals surface area contributed by atoms with Crippen molar-refractivity contribution in [3.8, 4) is 22.9 Å². The van der Waals surface area contributed by atoms with Gasteiger partial charge < -0.3 is 19.4 Å². The molecule has 0 atom stereocenters. The highest BCUT2D eigenvalue weighted by molar-refractivity contribution is 6.05. The Balaban J connectivity index is 1.30. The third-order valence-electron chi connectivity index (χ3n) is 6.51. The van der Waals surface area contributed by atoms with Gasteiger partial charge in [-0.25, -0.2) is 13.8 Å². The van der Waals surface area contributed by atoms with E-state index in [1.807, 2.05) is 0 Å². The van der Waals surface area contributed by atoms with Crippen LogP contribution < -0.4 is 20.3 Å². The number of hydrogen-bond acceptors (Lipinski definition) is 6. The zero-order chi connectivity index (χ0) is 28.7. The highest BCUT2D eigenvalue weighted by Gasteiger charge is 2.20. The predicted octanol–water partition coefficient (Wildman–Crippen LogP) is 5.60. The van der Waals surface area contributed by atoms with Crippen LogP contribution in [0.5, 0.6) is 17.2 Å². The molecule has 6 aromatic rings. The second-order valence-electron chi connectivity index (χ2n) is 9.13. The lowest BCUT2D eigenvalue weighted by Gasteiger charge is -2.13. The third-order valence-corrected chi connectivity index (χ3v) is 6.51. The van der Waals surface area contributed by atoms with E-state index >= 15 is 4.39 Å². The number of methoxy groups -OCH3 is 1. The smallest absolute Gasteiger partial charge is 0.269 e. The van der Waals surface area contributed by atoms with Gasteiger partial charge in [0, 0.05) is 36.5 Å². The van der Waals surface area contributed by atoms with Crippen molar-refractivity contribution in [1.82, 2.24) is 19.1 Å². The van der Waals surface area contributed by atoms with Gasteiger partial charge in [-0.2, -0.15) is 0 Å². The van der Waals surface area contributed by atoms with Crippen molar-refractivity contribution in [2.24, 2.45) is 7.05 Å². The summed E-state index contributed by atoms with van der Waals surface area (Å²) in [5.41, 5.74) is 1.01.